The average molecular weight is 479 g/mol. The molecule has 0 amide bonds. The number of esters is 2. The van der Waals surface area contributed by atoms with Crippen LogP contribution in [0.25, 0.3) is 0 Å². The van der Waals surface area contributed by atoms with Crippen molar-refractivity contribution in [3.8, 4) is 0 Å². The number of hydrogen-bond acceptors (Lipinski definition) is 7. The molecule has 0 bridgehead atoms. The molecule has 0 aromatic rings. The summed E-state index contributed by atoms with van der Waals surface area (Å²) < 4.78 is 27.4. The predicted octanol–water partition coefficient (Wildman–Crippen LogP) is 4.63. The Morgan fingerprint density at radius 3 is 1.71 bits per heavy atom. The molecule has 0 atom stereocenters. The van der Waals surface area contributed by atoms with Crippen molar-refractivity contribution in [2.75, 3.05) is 40.1 Å². The largest absolute Gasteiger partial charge is 0.465 e. The first kappa shape index (κ1) is 30.3. The van der Waals surface area contributed by atoms with Crippen LogP contribution in [-0.2, 0) is 32.7 Å². The van der Waals surface area contributed by atoms with E-state index in [0.29, 0.717) is 32.8 Å². The zero-order valence-corrected chi connectivity index (χ0v) is 23.5. The Labute approximate surface area is 191 Å². The molecular weight excluding hydrogens is 432 g/mol. The SMILES string of the molecule is COCCOCCOC(=O)C(C)(C)CC(C)(C)C(=O)OCCC[Si](C)(C)O[Si](C)(C)C. The van der Waals surface area contributed by atoms with E-state index in [0.717, 1.165) is 12.5 Å². The summed E-state index contributed by atoms with van der Waals surface area (Å²) in [4.78, 5) is 25.1. The summed E-state index contributed by atoms with van der Waals surface area (Å²) in [6, 6.07) is 0.954. The van der Waals surface area contributed by atoms with E-state index in [1.54, 1.807) is 21.0 Å². The van der Waals surface area contributed by atoms with Crippen LogP contribution in [0.3, 0.4) is 0 Å². The molecule has 7 nitrogen and oxygen atoms in total. The molecule has 0 unspecified atom stereocenters. The van der Waals surface area contributed by atoms with Crippen LogP contribution in [0, 0.1) is 10.8 Å². The first-order chi connectivity index (χ1) is 14.0. The van der Waals surface area contributed by atoms with Crippen molar-refractivity contribution < 1.29 is 32.7 Å². The summed E-state index contributed by atoms with van der Waals surface area (Å²) in [5, 5.41) is 0. The molecule has 0 aromatic heterocycles. The maximum atomic E-state index is 12.7. The Kier molecular flexibility index (Phi) is 12.8. The first-order valence-corrected chi connectivity index (χ1v) is 17.7. The van der Waals surface area contributed by atoms with E-state index in [1.165, 1.54) is 0 Å². The van der Waals surface area contributed by atoms with E-state index in [1.807, 2.05) is 13.8 Å². The smallest absolute Gasteiger partial charge is 0.311 e. The van der Waals surface area contributed by atoms with Crippen LogP contribution in [0.4, 0.5) is 0 Å². The third-order valence-corrected chi connectivity index (χ3v) is 10.8. The lowest BCUT2D eigenvalue weighted by molar-refractivity contribution is -0.162. The molecule has 0 N–H and O–H groups in total. The second kappa shape index (κ2) is 13.1. The van der Waals surface area contributed by atoms with Crippen molar-refractivity contribution in [3.63, 3.8) is 0 Å². The number of rotatable bonds is 16. The summed E-state index contributed by atoms with van der Waals surface area (Å²) in [5.41, 5.74) is -1.60. The van der Waals surface area contributed by atoms with Crippen molar-refractivity contribution >= 4 is 28.6 Å². The third kappa shape index (κ3) is 14.1. The molecule has 0 aromatic carbocycles. The second-order valence-corrected chi connectivity index (χ2v) is 20.0. The Morgan fingerprint density at radius 1 is 0.742 bits per heavy atom. The van der Waals surface area contributed by atoms with Crippen LogP contribution < -0.4 is 0 Å². The standard InChI is InChI=1S/C22H46O7Si2/c1-21(2,18-22(3,4)20(24)28-16-15-26-14-13-25-5)19(23)27-12-11-17-31(9,10)29-30(6,7)8/h11-18H2,1-10H3. The minimum absolute atomic E-state index is 0.177. The highest BCUT2D eigenvalue weighted by atomic mass is 28.4. The third-order valence-electron chi connectivity index (χ3n) is 4.62. The molecule has 0 rings (SSSR count). The molecule has 0 saturated carbocycles. The highest BCUT2D eigenvalue weighted by Gasteiger charge is 2.41. The second-order valence-electron chi connectivity index (χ2n) is 10.9. The molecule has 0 aliphatic rings. The van der Waals surface area contributed by atoms with Crippen molar-refractivity contribution in [2.45, 2.75) is 79.3 Å². The van der Waals surface area contributed by atoms with E-state index in [4.69, 9.17) is 23.1 Å². The number of carbonyl (C=O) groups is 2. The van der Waals surface area contributed by atoms with Crippen molar-refractivity contribution in [2.24, 2.45) is 10.8 Å². The van der Waals surface area contributed by atoms with E-state index < -0.39 is 27.5 Å². The topological polar surface area (TPSA) is 80.3 Å². The minimum atomic E-state index is -1.74. The van der Waals surface area contributed by atoms with Crippen LogP contribution in [0.15, 0.2) is 0 Å². The minimum Gasteiger partial charge on any atom is -0.465 e. The molecule has 0 fully saturated rings. The Bertz CT molecular complexity index is 555. The zero-order chi connectivity index (χ0) is 24.3. The van der Waals surface area contributed by atoms with Gasteiger partial charge in [0.1, 0.15) is 6.61 Å². The van der Waals surface area contributed by atoms with Crippen LogP contribution in [0.5, 0.6) is 0 Å². The average Bonchev–Trinajstić information content (AvgIpc) is 2.58. The number of hydrogen-bond donors (Lipinski definition) is 0. The molecule has 184 valence electrons. The van der Waals surface area contributed by atoms with Gasteiger partial charge >= 0.3 is 11.9 Å². The lowest BCUT2D eigenvalue weighted by atomic mass is 9.75. The van der Waals surface area contributed by atoms with Crippen molar-refractivity contribution in [1.29, 1.82) is 0 Å². The maximum Gasteiger partial charge on any atom is 0.311 e. The van der Waals surface area contributed by atoms with Gasteiger partial charge in [0.2, 0.25) is 0 Å². The molecule has 0 radical (unpaired) electrons. The van der Waals surface area contributed by atoms with Gasteiger partial charge in [0.15, 0.2) is 16.6 Å². The fourth-order valence-corrected chi connectivity index (χ4v) is 11.7. The fourth-order valence-electron chi connectivity index (χ4n) is 3.62. The molecular formula is C22H46O7Si2. The van der Waals surface area contributed by atoms with E-state index in [9.17, 15) is 9.59 Å². The molecule has 0 spiro atoms. The fraction of sp³-hybridized carbons (Fsp3) is 0.909. The van der Waals surface area contributed by atoms with Gasteiger partial charge in [0.25, 0.3) is 0 Å². The van der Waals surface area contributed by atoms with Gasteiger partial charge in [-0.3, -0.25) is 9.59 Å². The Hall–Kier alpha value is -0.746. The summed E-state index contributed by atoms with van der Waals surface area (Å²) in [7, 11) is -1.70. The van der Waals surface area contributed by atoms with Gasteiger partial charge in [-0.25, -0.2) is 0 Å². The summed E-state index contributed by atoms with van der Waals surface area (Å²) in [6.45, 7) is 20.1. The van der Waals surface area contributed by atoms with Gasteiger partial charge in [0, 0.05) is 7.11 Å². The summed E-state index contributed by atoms with van der Waals surface area (Å²) in [5.74, 6) is -0.637. The Morgan fingerprint density at radius 2 is 1.23 bits per heavy atom. The van der Waals surface area contributed by atoms with Crippen LogP contribution in [-0.4, -0.2) is 68.7 Å². The maximum absolute atomic E-state index is 12.7. The molecule has 0 saturated heterocycles. The lowest BCUT2D eigenvalue weighted by Gasteiger charge is -2.32. The quantitative estimate of drug-likeness (QED) is 0.182. The monoisotopic (exact) mass is 478 g/mol. The molecule has 0 aliphatic heterocycles. The highest BCUT2D eigenvalue weighted by molar-refractivity contribution is 6.84. The van der Waals surface area contributed by atoms with Gasteiger partial charge in [-0.1, -0.05) is 0 Å². The van der Waals surface area contributed by atoms with E-state index in [-0.39, 0.29) is 18.5 Å². The zero-order valence-electron chi connectivity index (χ0n) is 21.5. The molecule has 31 heavy (non-hydrogen) atoms. The van der Waals surface area contributed by atoms with E-state index in [2.05, 4.69) is 32.7 Å². The molecule has 0 heterocycles. The van der Waals surface area contributed by atoms with Gasteiger partial charge in [-0.15, -0.1) is 0 Å². The molecule has 9 heteroatoms. The summed E-state index contributed by atoms with van der Waals surface area (Å²) >= 11 is 0. The van der Waals surface area contributed by atoms with Gasteiger partial charge in [-0.2, -0.15) is 0 Å². The first-order valence-electron chi connectivity index (χ1n) is 11.1. The summed E-state index contributed by atoms with van der Waals surface area (Å²) in [6.07, 6.45) is 1.13. The Balaban J connectivity index is 4.45. The van der Waals surface area contributed by atoms with Gasteiger partial charge < -0.3 is 23.1 Å². The number of ether oxygens (including phenoxy) is 4. The molecule has 0 aliphatic carbocycles. The van der Waals surface area contributed by atoms with Gasteiger partial charge in [0.05, 0.1) is 37.3 Å². The van der Waals surface area contributed by atoms with E-state index >= 15 is 0 Å². The van der Waals surface area contributed by atoms with Crippen molar-refractivity contribution in [3.05, 3.63) is 0 Å². The van der Waals surface area contributed by atoms with Crippen molar-refractivity contribution in [1.82, 2.24) is 0 Å². The van der Waals surface area contributed by atoms with Gasteiger partial charge in [-0.05, 0) is 79.3 Å². The van der Waals surface area contributed by atoms with Crippen LogP contribution in [0.1, 0.15) is 40.5 Å². The number of methoxy groups -OCH3 is 1. The van der Waals surface area contributed by atoms with Crippen LogP contribution in [0.2, 0.25) is 38.8 Å². The lowest BCUT2D eigenvalue weighted by Crippen LogP contribution is -2.42. The predicted molar refractivity (Wildman–Crippen MR) is 128 cm³/mol. The highest BCUT2D eigenvalue weighted by Crippen LogP contribution is 2.35. The normalized spacial score (nSPS) is 13.2. The number of carbonyl (C=O) groups excluding carboxylic acids is 2. The van der Waals surface area contributed by atoms with Crippen LogP contribution >= 0.6 is 0 Å².